The van der Waals surface area contributed by atoms with E-state index >= 15 is 0 Å². The Morgan fingerprint density at radius 3 is 2.36 bits per heavy atom. The van der Waals surface area contributed by atoms with Crippen LogP contribution in [0.2, 0.25) is 0 Å². The Bertz CT molecular complexity index is 1290. The van der Waals surface area contributed by atoms with E-state index in [0.29, 0.717) is 17.7 Å². The number of nitrogens with one attached hydrogen (secondary N) is 2. The number of anilines is 2. The van der Waals surface area contributed by atoms with Crippen LogP contribution in [0.5, 0.6) is 0 Å². The third-order valence-corrected chi connectivity index (χ3v) is 6.01. The molecule has 36 heavy (non-hydrogen) atoms. The first kappa shape index (κ1) is 23.3. The zero-order chi connectivity index (χ0) is 24.9. The van der Waals surface area contributed by atoms with Crippen LogP contribution >= 0.6 is 0 Å². The summed E-state index contributed by atoms with van der Waals surface area (Å²) in [6.07, 6.45) is 2.35. The summed E-state index contributed by atoms with van der Waals surface area (Å²) < 4.78 is 5.28. The Morgan fingerprint density at radius 1 is 0.917 bits per heavy atom. The van der Waals surface area contributed by atoms with Gasteiger partial charge in [-0.2, -0.15) is 5.10 Å². The molecule has 8 heteroatoms. The summed E-state index contributed by atoms with van der Waals surface area (Å²) in [5.74, 6) is -1.31. The van der Waals surface area contributed by atoms with Gasteiger partial charge in [-0.3, -0.25) is 14.6 Å². The van der Waals surface area contributed by atoms with Crippen LogP contribution in [0.25, 0.3) is 0 Å². The molecule has 3 aromatic carbocycles. The average molecular weight is 483 g/mol. The van der Waals surface area contributed by atoms with Crippen LogP contribution in [0.4, 0.5) is 11.4 Å². The lowest BCUT2D eigenvalue weighted by atomic mass is 10.0. The standard InChI is InChI=1S/C28H26N4O4/c33-26(29-22-11-7-10-20(16-22)27(34)30-21-14-15-21)18-36-28(35)24-17-25(19-8-3-1-4-9-19)32(31-24)23-12-5-2-6-13-23/h1-13,16,21,25H,14-15,17-18H2,(H,29,33)(H,30,34). The summed E-state index contributed by atoms with van der Waals surface area (Å²) in [6.45, 7) is -0.461. The van der Waals surface area contributed by atoms with Crippen molar-refractivity contribution in [2.45, 2.75) is 31.3 Å². The van der Waals surface area contributed by atoms with Gasteiger partial charge in [0.25, 0.3) is 11.8 Å². The highest BCUT2D eigenvalue weighted by Gasteiger charge is 2.33. The summed E-state index contributed by atoms with van der Waals surface area (Å²) in [6, 6.07) is 26.2. The number of rotatable bonds is 8. The number of amides is 2. The fourth-order valence-electron chi connectivity index (χ4n) is 4.03. The normalized spacial score (nSPS) is 16.7. The first-order chi connectivity index (χ1) is 17.6. The van der Waals surface area contributed by atoms with Gasteiger partial charge in [-0.15, -0.1) is 0 Å². The molecule has 0 aromatic heterocycles. The highest BCUT2D eigenvalue weighted by molar-refractivity contribution is 6.37. The molecule has 0 radical (unpaired) electrons. The molecule has 0 saturated heterocycles. The summed E-state index contributed by atoms with van der Waals surface area (Å²) in [4.78, 5) is 37.5. The molecular formula is C28H26N4O4. The second-order valence-corrected chi connectivity index (χ2v) is 8.81. The van der Waals surface area contributed by atoms with Crippen molar-refractivity contribution >= 4 is 34.9 Å². The van der Waals surface area contributed by atoms with Gasteiger partial charge in [0.05, 0.1) is 11.7 Å². The highest BCUT2D eigenvalue weighted by atomic mass is 16.5. The van der Waals surface area contributed by atoms with Gasteiger partial charge in [0.2, 0.25) is 0 Å². The van der Waals surface area contributed by atoms with Gasteiger partial charge in [0.1, 0.15) is 5.71 Å². The molecule has 1 aliphatic heterocycles. The van der Waals surface area contributed by atoms with Crippen LogP contribution < -0.4 is 15.6 Å². The van der Waals surface area contributed by atoms with Crippen molar-refractivity contribution in [3.05, 3.63) is 96.1 Å². The molecule has 1 atom stereocenters. The van der Waals surface area contributed by atoms with Crippen molar-refractivity contribution in [1.29, 1.82) is 0 Å². The van der Waals surface area contributed by atoms with Crippen LogP contribution in [0.3, 0.4) is 0 Å². The van der Waals surface area contributed by atoms with Crippen molar-refractivity contribution in [1.82, 2.24) is 5.32 Å². The first-order valence-electron chi connectivity index (χ1n) is 11.9. The number of para-hydroxylation sites is 1. The fraction of sp³-hybridized carbons (Fsp3) is 0.214. The average Bonchev–Trinajstić information content (AvgIpc) is 3.61. The van der Waals surface area contributed by atoms with E-state index in [4.69, 9.17) is 4.74 Å². The Balaban J connectivity index is 1.21. The number of carbonyl (C=O) groups is 3. The third kappa shape index (κ3) is 5.60. The molecule has 0 spiro atoms. The molecule has 1 unspecified atom stereocenters. The number of nitrogens with zero attached hydrogens (tertiary/aromatic N) is 2. The maximum absolute atomic E-state index is 12.8. The number of esters is 1. The quantitative estimate of drug-likeness (QED) is 0.472. The molecule has 182 valence electrons. The maximum atomic E-state index is 12.8. The van der Waals surface area contributed by atoms with E-state index in [2.05, 4.69) is 15.7 Å². The van der Waals surface area contributed by atoms with Gasteiger partial charge in [0, 0.05) is 23.7 Å². The molecular weight excluding hydrogens is 456 g/mol. The summed E-state index contributed by atoms with van der Waals surface area (Å²) in [5, 5.41) is 11.9. The molecule has 1 aliphatic carbocycles. The van der Waals surface area contributed by atoms with E-state index in [1.54, 1.807) is 24.3 Å². The minimum Gasteiger partial charge on any atom is -0.451 e. The second kappa shape index (κ2) is 10.4. The topological polar surface area (TPSA) is 100 Å². The molecule has 0 bridgehead atoms. The van der Waals surface area contributed by atoms with Crippen molar-refractivity contribution in [2.75, 3.05) is 16.9 Å². The SMILES string of the molecule is O=C(COC(=O)C1=NN(c2ccccc2)C(c2ccccc2)C1)Nc1cccc(C(=O)NC2CC2)c1. The van der Waals surface area contributed by atoms with Crippen molar-refractivity contribution in [3.63, 3.8) is 0 Å². The van der Waals surface area contributed by atoms with Gasteiger partial charge in [0.15, 0.2) is 6.61 Å². The van der Waals surface area contributed by atoms with Crippen molar-refractivity contribution in [3.8, 4) is 0 Å². The molecule has 1 heterocycles. The zero-order valence-electron chi connectivity index (χ0n) is 19.6. The van der Waals surface area contributed by atoms with Crippen LogP contribution in [-0.4, -0.2) is 36.1 Å². The van der Waals surface area contributed by atoms with E-state index in [-0.39, 0.29) is 23.7 Å². The molecule has 2 N–H and O–H groups in total. The van der Waals surface area contributed by atoms with E-state index in [0.717, 1.165) is 24.1 Å². The van der Waals surface area contributed by atoms with Gasteiger partial charge in [-0.1, -0.05) is 54.6 Å². The van der Waals surface area contributed by atoms with E-state index in [9.17, 15) is 14.4 Å². The predicted molar refractivity (Wildman–Crippen MR) is 137 cm³/mol. The minimum absolute atomic E-state index is 0.158. The molecule has 2 amide bonds. The van der Waals surface area contributed by atoms with Gasteiger partial charge in [-0.25, -0.2) is 4.79 Å². The lowest BCUT2D eigenvalue weighted by Gasteiger charge is -2.23. The van der Waals surface area contributed by atoms with E-state index in [1.807, 2.05) is 65.7 Å². The number of hydrogen-bond acceptors (Lipinski definition) is 6. The molecule has 5 rings (SSSR count). The Morgan fingerprint density at radius 2 is 1.64 bits per heavy atom. The monoisotopic (exact) mass is 482 g/mol. The lowest BCUT2D eigenvalue weighted by Crippen LogP contribution is -2.26. The molecule has 2 aliphatic rings. The molecule has 8 nitrogen and oxygen atoms in total. The zero-order valence-corrected chi connectivity index (χ0v) is 19.6. The Hall–Kier alpha value is -4.46. The smallest absolute Gasteiger partial charge is 0.355 e. The number of benzene rings is 3. The van der Waals surface area contributed by atoms with Crippen LogP contribution in [0.15, 0.2) is 90.0 Å². The fourth-order valence-corrected chi connectivity index (χ4v) is 4.03. The van der Waals surface area contributed by atoms with Crippen molar-refractivity contribution in [2.24, 2.45) is 5.10 Å². The van der Waals surface area contributed by atoms with Gasteiger partial charge < -0.3 is 15.4 Å². The van der Waals surface area contributed by atoms with E-state index < -0.39 is 18.5 Å². The number of ether oxygens (including phenoxy) is 1. The summed E-state index contributed by atoms with van der Waals surface area (Å²) in [7, 11) is 0. The second-order valence-electron chi connectivity index (χ2n) is 8.81. The van der Waals surface area contributed by atoms with Crippen LogP contribution in [0, 0.1) is 0 Å². The summed E-state index contributed by atoms with van der Waals surface area (Å²) in [5.41, 5.74) is 3.05. The van der Waals surface area contributed by atoms with Crippen LogP contribution in [-0.2, 0) is 14.3 Å². The number of hydrazone groups is 1. The first-order valence-corrected chi connectivity index (χ1v) is 11.9. The third-order valence-electron chi connectivity index (χ3n) is 6.01. The van der Waals surface area contributed by atoms with Gasteiger partial charge in [-0.05, 0) is 48.7 Å². The number of hydrogen-bond donors (Lipinski definition) is 2. The maximum Gasteiger partial charge on any atom is 0.355 e. The molecule has 1 fully saturated rings. The highest BCUT2D eigenvalue weighted by Crippen LogP contribution is 2.35. The molecule has 3 aromatic rings. The van der Waals surface area contributed by atoms with E-state index in [1.165, 1.54) is 0 Å². The Labute approximate surface area is 209 Å². The predicted octanol–water partition coefficient (Wildman–Crippen LogP) is 4.07. The summed E-state index contributed by atoms with van der Waals surface area (Å²) >= 11 is 0. The number of carbonyl (C=O) groups excluding carboxylic acids is 3. The van der Waals surface area contributed by atoms with Crippen molar-refractivity contribution < 1.29 is 19.1 Å². The van der Waals surface area contributed by atoms with Gasteiger partial charge >= 0.3 is 5.97 Å². The molecule has 1 saturated carbocycles. The lowest BCUT2D eigenvalue weighted by molar-refractivity contribution is -0.140. The minimum atomic E-state index is -0.637. The Kier molecular flexibility index (Phi) is 6.75. The van der Waals surface area contributed by atoms with Crippen LogP contribution in [0.1, 0.15) is 41.2 Å². The largest absolute Gasteiger partial charge is 0.451 e.